The highest BCUT2D eigenvalue weighted by atomic mass is 19.1. The lowest BCUT2D eigenvalue weighted by Gasteiger charge is -2.29. The summed E-state index contributed by atoms with van der Waals surface area (Å²) in [5, 5.41) is 8.93. The normalized spacial score (nSPS) is 19.5. The molecular weight excluding hydrogens is 231 g/mol. The minimum atomic E-state index is -0.186. The number of hydrogen-bond acceptors (Lipinski definition) is 3. The van der Waals surface area contributed by atoms with Gasteiger partial charge in [-0.1, -0.05) is 12.1 Å². The Balaban J connectivity index is 2.24. The van der Waals surface area contributed by atoms with Crippen LogP contribution in [0.15, 0.2) is 18.2 Å². The van der Waals surface area contributed by atoms with Gasteiger partial charge in [0.2, 0.25) is 0 Å². The van der Waals surface area contributed by atoms with Crippen LogP contribution < -0.4 is 10.6 Å². The minimum absolute atomic E-state index is 0.186. The summed E-state index contributed by atoms with van der Waals surface area (Å²) in [4.78, 5) is 2.13. The van der Waals surface area contributed by atoms with Gasteiger partial charge in [0, 0.05) is 25.7 Å². The molecule has 1 aromatic rings. The molecule has 3 N–H and O–H groups in total. The molecule has 1 saturated heterocycles. The van der Waals surface area contributed by atoms with E-state index in [9.17, 15) is 4.39 Å². The van der Waals surface area contributed by atoms with E-state index in [0.29, 0.717) is 18.3 Å². The fourth-order valence-electron chi connectivity index (χ4n) is 2.80. The van der Waals surface area contributed by atoms with Crippen LogP contribution in [0.4, 0.5) is 10.1 Å². The Labute approximate surface area is 107 Å². The first-order chi connectivity index (χ1) is 8.77. The molecule has 2 rings (SSSR count). The molecule has 18 heavy (non-hydrogen) atoms. The van der Waals surface area contributed by atoms with Crippen LogP contribution >= 0.6 is 0 Å². The molecule has 0 spiro atoms. The number of nitrogens with two attached hydrogens (primary N) is 1. The number of hydrogen-bond donors (Lipinski definition) is 2. The van der Waals surface area contributed by atoms with E-state index in [1.165, 1.54) is 6.07 Å². The van der Waals surface area contributed by atoms with Crippen molar-refractivity contribution in [3.8, 4) is 0 Å². The average Bonchev–Trinajstić information content (AvgIpc) is 2.83. The van der Waals surface area contributed by atoms with Gasteiger partial charge in [-0.15, -0.1) is 0 Å². The number of benzene rings is 1. The van der Waals surface area contributed by atoms with E-state index < -0.39 is 0 Å². The first-order valence-corrected chi connectivity index (χ1v) is 6.63. The van der Waals surface area contributed by atoms with E-state index in [1.54, 1.807) is 6.07 Å². The summed E-state index contributed by atoms with van der Waals surface area (Å²) in [5.41, 5.74) is 7.23. The van der Waals surface area contributed by atoms with Gasteiger partial charge in [-0.2, -0.15) is 0 Å². The van der Waals surface area contributed by atoms with Crippen LogP contribution in [-0.2, 0) is 6.54 Å². The van der Waals surface area contributed by atoms with Crippen molar-refractivity contribution in [3.63, 3.8) is 0 Å². The van der Waals surface area contributed by atoms with Gasteiger partial charge in [-0.05, 0) is 37.3 Å². The van der Waals surface area contributed by atoms with Gasteiger partial charge in [0.05, 0.1) is 5.69 Å². The Morgan fingerprint density at radius 2 is 2.28 bits per heavy atom. The second kappa shape index (κ2) is 6.16. The third-order valence-corrected chi connectivity index (χ3v) is 3.65. The van der Waals surface area contributed by atoms with E-state index in [1.807, 2.05) is 6.07 Å². The quantitative estimate of drug-likeness (QED) is 0.843. The Kier molecular flexibility index (Phi) is 4.55. The number of rotatable bonds is 5. The van der Waals surface area contributed by atoms with Crippen LogP contribution in [0.5, 0.6) is 0 Å². The van der Waals surface area contributed by atoms with Crippen LogP contribution in [-0.4, -0.2) is 24.3 Å². The molecule has 100 valence electrons. The maximum atomic E-state index is 14.0. The van der Waals surface area contributed by atoms with Gasteiger partial charge in [0.25, 0.3) is 0 Å². The third-order valence-electron chi connectivity index (χ3n) is 3.65. The summed E-state index contributed by atoms with van der Waals surface area (Å²) >= 11 is 0. The van der Waals surface area contributed by atoms with E-state index >= 15 is 0 Å². The fraction of sp³-hybridized carbons (Fsp3) is 0.571. The predicted molar refractivity (Wildman–Crippen MR) is 71.0 cm³/mol. The largest absolute Gasteiger partial charge is 0.396 e. The van der Waals surface area contributed by atoms with Crippen LogP contribution in [0.1, 0.15) is 31.2 Å². The number of nitrogens with zero attached hydrogens (tertiary/aromatic N) is 1. The zero-order valence-corrected chi connectivity index (χ0v) is 10.6. The fourth-order valence-corrected chi connectivity index (χ4v) is 2.80. The van der Waals surface area contributed by atoms with E-state index in [4.69, 9.17) is 10.8 Å². The van der Waals surface area contributed by atoms with Gasteiger partial charge in [0.1, 0.15) is 5.82 Å². The van der Waals surface area contributed by atoms with Gasteiger partial charge >= 0.3 is 0 Å². The SMILES string of the molecule is NCc1cccc(F)c1N1CCCC1CCCO. The summed E-state index contributed by atoms with van der Waals surface area (Å²) in [6, 6.07) is 5.43. The average molecular weight is 252 g/mol. The number of para-hydroxylation sites is 1. The summed E-state index contributed by atoms with van der Waals surface area (Å²) in [7, 11) is 0. The molecule has 0 radical (unpaired) electrons. The topological polar surface area (TPSA) is 49.5 Å². The molecule has 3 nitrogen and oxygen atoms in total. The van der Waals surface area contributed by atoms with Crippen molar-refractivity contribution >= 4 is 5.69 Å². The summed E-state index contributed by atoms with van der Waals surface area (Å²) < 4.78 is 14.0. The molecule has 0 bridgehead atoms. The second-order valence-electron chi connectivity index (χ2n) is 4.81. The monoisotopic (exact) mass is 252 g/mol. The molecular formula is C14H21FN2O. The first kappa shape index (κ1) is 13.3. The number of halogens is 1. The lowest BCUT2D eigenvalue weighted by atomic mass is 10.1. The number of aliphatic hydroxyl groups is 1. The molecule has 0 amide bonds. The summed E-state index contributed by atoms with van der Waals surface area (Å²) in [5.74, 6) is -0.186. The van der Waals surface area contributed by atoms with Crippen LogP contribution in [0.25, 0.3) is 0 Å². The zero-order chi connectivity index (χ0) is 13.0. The molecule has 1 fully saturated rings. The van der Waals surface area contributed by atoms with Crippen LogP contribution in [0, 0.1) is 5.82 Å². The maximum Gasteiger partial charge on any atom is 0.146 e. The van der Waals surface area contributed by atoms with E-state index in [0.717, 1.165) is 37.8 Å². The van der Waals surface area contributed by atoms with Gasteiger partial charge in [-0.25, -0.2) is 4.39 Å². The lowest BCUT2D eigenvalue weighted by molar-refractivity contribution is 0.279. The van der Waals surface area contributed by atoms with Crippen molar-refractivity contribution in [2.45, 2.75) is 38.3 Å². The highest BCUT2D eigenvalue weighted by Crippen LogP contribution is 2.32. The summed E-state index contributed by atoms with van der Waals surface area (Å²) in [6.07, 6.45) is 3.83. The molecule has 1 atom stereocenters. The molecule has 1 unspecified atom stereocenters. The zero-order valence-electron chi connectivity index (χ0n) is 10.6. The minimum Gasteiger partial charge on any atom is -0.396 e. The Hall–Kier alpha value is -1.13. The van der Waals surface area contributed by atoms with Gasteiger partial charge in [-0.3, -0.25) is 0 Å². The van der Waals surface area contributed by atoms with Crippen LogP contribution in [0.2, 0.25) is 0 Å². The van der Waals surface area contributed by atoms with E-state index in [2.05, 4.69) is 4.90 Å². The van der Waals surface area contributed by atoms with Gasteiger partial charge < -0.3 is 15.7 Å². The third kappa shape index (κ3) is 2.65. The molecule has 1 aromatic carbocycles. The Morgan fingerprint density at radius 1 is 1.44 bits per heavy atom. The van der Waals surface area contributed by atoms with Crippen molar-refractivity contribution in [2.24, 2.45) is 5.73 Å². The van der Waals surface area contributed by atoms with Crippen molar-refractivity contribution in [1.82, 2.24) is 0 Å². The number of anilines is 1. The highest BCUT2D eigenvalue weighted by Gasteiger charge is 2.27. The Morgan fingerprint density at radius 3 is 3.00 bits per heavy atom. The molecule has 0 aliphatic carbocycles. The smallest absolute Gasteiger partial charge is 0.146 e. The highest BCUT2D eigenvalue weighted by molar-refractivity contribution is 5.56. The number of aliphatic hydroxyl groups excluding tert-OH is 1. The Bertz CT molecular complexity index is 397. The van der Waals surface area contributed by atoms with Crippen molar-refractivity contribution in [3.05, 3.63) is 29.6 Å². The molecule has 1 aliphatic heterocycles. The predicted octanol–water partition coefficient (Wildman–Crippen LogP) is 2.03. The second-order valence-corrected chi connectivity index (χ2v) is 4.81. The molecule has 1 heterocycles. The summed E-state index contributed by atoms with van der Waals surface area (Å²) in [6.45, 7) is 1.44. The first-order valence-electron chi connectivity index (χ1n) is 6.63. The van der Waals surface area contributed by atoms with Crippen LogP contribution in [0.3, 0.4) is 0 Å². The molecule has 1 aliphatic rings. The van der Waals surface area contributed by atoms with E-state index in [-0.39, 0.29) is 12.4 Å². The van der Waals surface area contributed by atoms with Crippen molar-refractivity contribution in [2.75, 3.05) is 18.1 Å². The molecule has 0 aromatic heterocycles. The standard InChI is InChI=1S/C14H21FN2O/c15-13-7-1-4-11(10-16)14(13)17-8-2-5-12(17)6-3-9-18/h1,4,7,12,18H,2-3,5-6,8-10,16H2. The molecule has 0 saturated carbocycles. The van der Waals surface area contributed by atoms with Crippen molar-refractivity contribution in [1.29, 1.82) is 0 Å². The van der Waals surface area contributed by atoms with Crippen molar-refractivity contribution < 1.29 is 9.50 Å². The lowest BCUT2D eigenvalue weighted by Crippen LogP contribution is -2.31. The van der Waals surface area contributed by atoms with Gasteiger partial charge in [0.15, 0.2) is 0 Å². The molecule has 4 heteroatoms. The maximum absolute atomic E-state index is 14.0.